The Kier molecular flexibility index (Phi) is 7.02. The molecule has 0 saturated carbocycles. The molecule has 0 aliphatic heterocycles. The van der Waals surface area contributed by atoms with Gasteiger partial charge in [-0.1, -0.05) is 24.3 Å². The summed E-state index contributed by atoms with van der Waals surface area (Å²) in [6, 6.07) is 17.9. The van der Waals surface area contributed by atoms with Crippen LogP contribution in [0.3, 0.4) is 0 Å². The molecule has 0 saturated heterocycles. The maximum Gasteiger partial charge on any atom is 0.261 e. The van der Waals surface area contributed by atoms with Gasteiger partial charge in [-0.05, 0) is 66.8 Å². The van der Waals surface area contributed by atoms with E-state index < -0.39 is 15.8 Å². The van der Waals surface area contributed by atoms with Crippen molar-refractivity contribution in [2.24, 2.45) is 0 Å². The van der Waals surface area contributed by atoms with Crippen molar-refractivity contribution in [2.75, 3.05) is 18.0 Å². The average Bonchev–Trinajstić information content (AvgIpc) is 2.75. The Bertz CT molecular complexity index is 1200. The first kappa shape index (κ1) is 22.8. The van der Waals surface area contributed by atoms with Crippen LogP contribution in [-0.2, 0) is 16.6 Å². The largest absolute Gasteiger partial charge is 0.337 e. The van der Waals surface area contributed by atoms with Gasteiger partial charge in [0.1, 0.15) is 5.82 Å². The van der Waals surface area contributed by atoms with Gasteiger partial charge in [0.15, 0.2) is 0 Å². The molecule has 0 unspecified atom stereocenters. The first-order valence-electron chi connectivity index (χ1n) is 9.47. The first-order valence-corrected chi connectivity index (χ1v) is 12.2. The van der Waals surface area contributed by atoms with E-state index in [2.05, 4.69) is 4.72 Å². The number of hydrogen-bond acceptors (Lipinski definition) is 4. The number of thioether (sulfide) groups is 1. The minimum atomic E-state index is -3.99. The number of carbonyl (C=O) groups excluding carboxylic acids is 1. The van der Waals surface area contributed by atoms with E-state index in [1.165, 1.54) is 18.2 Å². The molecule has 1 N–H and O–H groups in total. The topological polar surface area (TPSA) is 66.5 Å². The van der Waals surface area contributed by atoms with Gasteiger partial charge in [-0.2, -0.15) is 0 Å². The Hall–Kier alpha value is -2.84. The summed E-state index contributed by atoms with van der Waals surface area (Å²) >= 11 is 1.65. The predicted octanol–water partition coefficient (Wildman–Crippen LogP) is 4.93. The molecule has 5 nitrogen and oxygen atoms in total. The molecule has 0 spiro atoms. The van der Waals surface area contributed by atoms with Crippen LogP contribution in [0.25, 0.3) is 0 Å². The second-order valence-corrected chi connectivity index (χ2v) is 9.67. The minimum absolute atomic E-state index is 0.182. The molecular weight excluding hydrogens is 435 g/mol. The fourth-order valence-electron chi connectivity index (χ4n) is 2.97. The van der Waals surface area contributed by atoms with Crippen molar-refractivity contribution in [3.63, 3.8) is 0 Å². The number of aryl methyl sites for hydroxylation is 1. The second-order valence-electron chi connectivity index (χ2n) is 7.11. The van der Waals surface area contributed by atoms with Crippen molar-refractivity contribution < 1.29 is 17.6 Å². The van der Waals surface area contributed by atoms with E-state index in [1.54, 1.807) is 48.8 Å². The molecule has 0 atom stereocenters. The van der Waals surface area contributed by atoms with Gasteiger partial charge >= 0.3 is 0 Å². The highest BCUT2D eigenvalue weighted by atomic mass is 32.2. The summed E-state index contributed by atoms with van der Waals surface area (Å²) < 4.78 is 41.4. The normalized spacial score (nSPS) is 11.2. The number of amides is 1. The van der Waals surface area contributed by atoms with Gasteiger partial charge in [-0.3, -0.25) is 9.52 Å². The van der Waals surface area contributed by atoms with Gasteiger partial charge in [-0.25, -0.2) is 12.8 Å². The van der Waals surface area contributed by atoms with Gasteiger partial charge in [0.25, 0.3) is 15.9 Å². The lowest BCUT2D eigenvalue weighted by Gasteiger charge is -2.18. The second kappa shape index (κ2) is 9.53. The maximum absolute atomic E-state index is 13.8. The van der Waals surface area contributed by atoms with Crippen LogP contribution in [0, 0.1) is 12.7 Å². The molecular formula is C23H23FN2O3S2. The highest BCUT2D eigenvalue weighted by Crippen LogP contribution is 2.21. The number of sulfonamides is 1. The summed E-state index contributed by atoms with van der Waals surface area (Å²) in [5, 5.41) is 0. The van der Waals surface area contributed by atoms with Crippen molar-refractivity contribution in [2.45, 2.75) is 23.3 Å². The van der Waals surface area contributed by atoms with Crippen LogP contribution in [-0.4, -0.2) is 32.5 Å². The van der Waals surface area contributed by atoms with Crippen LogP contribution in [0.4, 0.5) is 10.1 Å². The quantitative estimate of drug-likeness (QED) is 0.510. The SMILES string of the molecule is CSc1ccc(CN(C)C(=O)c2cccc(NS(=O)(=O)c3ccc(C)c(F)c3)c2)cc1. The van der Waals surface area contributed by atoms with Crippen molar-refractivity contribution >= 4 is 33.4 Å². The van der Waals surface area contributed by atoms with Gasteiger partial charge in [0, 0.05) is 29.7 Å². The van der Waals surface area contributed by atoms with Crippen LogP contribution < -0.4 is 4.72 Å². The first-order chi connectivity index (χ1) is 14.7. The fraction of sp³-hybridized carbons (Fsp3) is 0.174. The van der Waals surface area contributed by atoms with Crippen molar-refractivity contribution in [3.05, 3.63) is 89.2 Å². The summed E-state index contributed by atoms with van der Waals surface area (Å²) in [6.07, 6.45) is 2.00. The van der Waals surface area contributed by atoms with Crippen LogP contribution in [0.15, 0.2) is 76.5 Å². The van der Waals surface area contributed by atoms with E-state index in [9.17, 15) is 17.6 Å². The molecule has 8 heteroatoms. The van der Waals surface area contributed by atoms with Gasteiger partial charge in [0.2, 0.25) is 0 Å². The number of nitrogens with one attached hydrogen (secondary N) is 1. The number of carbonyl (C=O) groups is 1. The summed E-state index contributed by atoms with van der Waals surface area (Å²) in [6.45, 7) is 1.98. The van der Waals surface area contributed by atoms with E-state index in [4.69, 9.17) is 0 Å². The minimum Gasteiger partial charge on any atom is -0.337 e. The van der Waals surface area contributed by atoms with Crippen LogP contribution in [0.2, 0.25) is 0 Å². The van der Waals surface area contributed by atoms with E-state index >= 15 is 0 Å². The molecule has 3 aromatic carbocycles. The summed E-state index contributed by atoms with van der Waals surface area (Å²) in [7, 11) is -2.30. The van der Waals surface area contributed by atoms with Crippen molar-refractivity contribution in [3.8, 4) is 0 Å². The number of anilines is 1. The molecule has 0 heterocycles. The van der Waals surface area contributed by atoms with Crippen LogP contribution in [0.1, 0.15) is 21.5 Å². The Morgan fingerprint density at radius 3 is 2.42 bits per heavy atom. The van der Waals surface area contributed by atoms with Crippen molar-refractivity contribution in [1.29, 1.82) is 0 Å². The highest BCUT2D eigenvalue weighted by molar-refractivity contribution is 7.98. The van der Waals surface area contributed by atoms with E-state index in [-0.39, 0.29) is 16.5 Å². The number of benzene rings is 3. The zero-order chi connectivity index (χ0) is 22.6. The molecule has 0 radical (unpaired) electrons. The van der Waals surface area contributed by atoms with Crippen molar-refractivity contribution in [1.82, 2.24) is 4.90 Å². The Morgan fingerprint density at radius 2 is 1.77 bits per heavy atom. The highest BCUT2D eigenvalue weighted by Gasteiger charge is 2.18. The molecule has 0 aliphatic carbocycles. The molecule has 1 amide bonds. The molecule has 0 bridgehead atoms. The van der Waals surface area contributed by atoms with Crippen LogP contribution >= 0.6 is 11.8 Å². The lowest BCUT2D eigenvalue weighted by atomic mass is 10.1. The standard InChI is InChI=1S/C23H23FN2O3S2/c1-16-7-12-21(14-22(16)24)31(28,29)25-19-6-4-5-18(13-19)23(27)26(2)15-17-8-10-20(30-3)11-9-17/h4-14,25H,15H2,1-3H3. The molecule has 0 aromatic heterocycles. The molecule has 0 fully saturated rings. The molecule has 3 aromatic rings. The number of hydrogen-bond donors (Lipinski definition) is 1. The van der Waals surface area contributed by atoms with E-state index in [1.807, 2.05) is 30.5 Å². The smallest absolute Gasteiger partial charge is 0.261 e. The fourth-order valence-corrected chi connectivity index (χ4v) is 4.44. The van der Waals surface area contributed by atoms with Gasteiger partial charge in [-0.15, -0.1) is 11.8 Å². The number of halogens is 1. The Morgan fingerprint density at radius 1 is 1.06 bits per heavy atom. The predicted molar refractivity (Wildman–Crippen MR) is 122 cm³/mol. The van der Waals surface area contributed by atoms with E-state index in [0.717, 1.165) is 16.5 Å². The third-order valence-corrected chi connectivity index (χ3v) is 6.86. The van der Waals surface area contributed by atoms with Crippen LogP contribution in [0.5, 0.6) is 0 Å². The lowest BCUT2D eigenvalue weighted by Crippen LogP contribution is -2.26. The molecule has 162 valence electrons. The van der Waals surface area contributed by atoms with Gasteiger partial charge in [0.05, 0.1) is 4.90 Å². The zero-order valence-corrected chi connectivity index (χ0v) is 19.1. The maximum atomic E-state index is 13.8. The number of nitrogens with zero attached hydrogens (tertiary/aromatic N) is 1. The van der Waals surface area contributed by atoms with E-state index in [0.29, 0.717) is 17.7 Å². The molecule has 0 aliphatic rings. The zero-order valence-electron chi connectivity index (χ0n) is 17.4. The average molecular weight is 459 g/mol. The third-order valence-electron chi connectivity index (χ3n) is 4.74. The Labute approximate surface area is 186 Å². The Balaban J connectivity index is 1.75. The summed E-state index contributed by atoms with van der Waals surface area (Å²) in [4.78, 5) is 15.4. The third kappa shape index (κ3) is 5.65. The molecule has 31 heavy (non-hydrogen) atoms. The van der Waals surface area contributed by atoms with Gasteiger partial charge < -0.3 is 4.90 Å². The molecule has 3 rings (SSSR count). The number of rotatable bonds is 7. The summed E-state index contributed by atoms with van der Waals surface area (Å²) in [5.74, 6) is -0.838. The summed E-state index contributed by atoms with van der Waals surface area (Å²) in [5.41, 5.74) is 1.92. The monoisotopic (exact) mass is 458 g/mol. The lowest BCUT2D eigenvalue weighted by molar-refractivity contribution is 0.0785.